The first-order valence-corrected chi connectivity index (χ1v) is 16.1. The molecule has 2 heterocycles. The lowest BCUT2D eigenvalue weighted by molar-refractivity contribution is 0.661. The highest BCUT2D eigenvalue weighted by Crippen LogP contribution is 2.50. The van der Waals surface area contributed by atoms with Crippen molar-refractivity contribution in [2.45, 2.75) is 19.3 Å². The Labute approximate surface area is 274 Å². The molecular weight excluding hydrogens is 571 g/mol. The van der Waals surface area contributed by atoms with Crippen LogP contribution >= 0.6 is 0 Å². The number of hydrogen-bond acceptors (Lipinski definition) is 3. The third-order valence-electron chi connectivity index (χ3n) is 9.73. The molecule has 0 saturated carbocycles. The summed E-state index contributed by atoms with van der Waals surface area (Å²) >= 11 is 0. The van der Waals surface area contributed by atoms with Crippen molar-refractivity contribution in [1.29, 1.82) is 0 Å². The number of pyridine rings is 1. The first-order chi connectivity index (χ1) is 23.0. The van der Waals surface area contributed by atoms with E-state index in [1.807, 2.05) is 30.5 Å². The van der Waals surface area contributed by atoms with Crippen LogP contribution in [0.3, 0.4) is 0 Å². The molecule has 0 radical (unpaired) electrons. The van der Waals surface area contributed by atoms with E-state index in [0.29, 0.717) is 5.82 Å². The van der Waals surface area contributed by atoms with E-state index in [4.69, 9.17) is 9.97 Å². The van der Waals surface area contributed by atoms with Crippen molar-refractivity contribution in [2.24, 2.45) is 0 Å². The van der Waals surface area contributed by atoms with E-state index < -0.39 is 0 Å². The molecule has 3 nitrogen and oxygen atoms in total. The summed E-state index contributed by atoms with van der Waals surface area (Å²) in [7, 11) is 0. The van der Waals surface area contributed by atoms with Gasteiger partial charge >= 0.3 is 0 Å². The van der Waals surface area contributed by atoms with E-state index in [1.54, 1.807) is 0 Å². The van der Waals surface area contributed by atoms with Crippen LogP contribution in [-0.4, -0.2) is 15.0 Å². The predicted molar refractivity (Wildman–Crippen MR) is 194 cm³/mol. The van der Waals surface area contributed by atoms with Gasteiger partial charge in [0.1, 0.15) is 0 Å². The molecule has 1 aliphatic carbocycles. The second kappa shape index (κ2) is 10.6. The minimum atomic E-state index is -0.0615. The van der Waals surface area contributed by atoms with E-state index in [1.165, 1.54) is 43.8 Å². The molecule has 0 spiro atoms. The highest BCUT2D eigenvalue weighted by Gasteiger charge is 2.35. The van der Waals surface area contributed by atoms with Gasteiger partial charge in [0, 0.05) is 33.9 Å². The Morgan fingerprint density at radius 1 is 0.426 bits per heavy atom. The number of hydrogen-bond donors (Lipinski definition) is 0. The molecule has 0 fully saturated rings. The summed E-state index contributed by atoms with van der Waals surface area (Å²) in [5, 5.41) is 4.92. The molecule has 47 heavy (non-hydrogen) atoms. The van der Waals surface area contributed by atoms with Gasteiger partial charge in [0.25, 0.3) is 0 Å². The monoisotopic (exact) mass is 601 g/mol. The molecule has 2 aromatic heterocycles. The summed E-state index contributed by atoms with van der Waals surface area (Å²) in [5.41, 5.74) is 12.3. The predicted octanol–water partition coefficient (Wildman–Crippen LogP) is 11.2. The summed E-state index contributed by atoms with van der Waals surface area (Å²) in [5.74, 6) is 0.711. The van der Waals surface area contributed by atoms with E-state index in [-0.39, 0.29) is 5.41 Å². The van der Waals surface area contributed by atoms with Gasteiger partial charge in [-0.05, 0) is 80.2 Å². The van der Waals surface area contributed by atoms with Gasteiger partial charge in [-0.25, -0.2) is 9.97 Å². The average Bonchev–Trinajstić information content (AvgIpc) is 3.36. The zero-order chi connectivity index (χ0) is 31.5. The smallest absolute Gasteiger partial charge is 0.160 e. The minimum Gasteiger partial charge on any atom is -0.256 e. The van der Waals surface area contributed by atoms with Gasteiger partial charge in [-0.15, -0.1) is 0 Å². The molecule has 0 amide bonds. The number of aromatic nitrogens is 3. The number of nitrogens with zero attached hydrogens (tertiary/aromatic N) is 3. The zero-order valence-electron chi connectivity index (χ0n) is 26.3. The molecule has 8 aromatic rings. The molecule has 0 saturated heterocycles. The molecule has 1 aliphatic rings. The number of fused-ring (bicyclic) bond motifs is 6. The van der Waals surface area contributed by atoms with Crippen LogP contribution in [0.15, 0.2) is 152 Å². The summed E-state index contributed by atoms with van der Waals surface area (Å²) < 4.78 is 0. The Bertz CT molecular complexity index is 2460. The Hall–Kier alpha value is -5.93. The molecule has 0 aliphatic heterocycles. The van der Waals surface area contributed by atoms with Gasteiger partial charge in [-0.2, -0.15) is 0 Å². The number of rotatable bonds is 4. The molecule has 0 unspecified atom stereocenters. The maximum Gasteiger partial charge on any atom is 0.160 e. The highest BCUT2D eigenvalue weighted by atomic mass is 14.9. The van der Waals surface area contributed by atoms with Crippen LogP contribution in [0.1, 0.15) is 25.0 Å². The first kappa shape index (κ1) is 27.4. The molecule has 0 atom stereocenters. The van der Waals surface area contributed by atoms with Crippen molar-refractivity contribution in [3.05, 3.63) is 163 Å². The van der Waals surface area contributed by atoms with E-state index in [9.17, 15) is 0 Å². The fraction of sp³-hybridized carbons (Fsp3) is 0.0682. The quantitative estimate of drug-likeness (QED) is 0.188. The lowest BCUT2D eigenvalue weighted by Crippen LogP contribution is -2.14. The van der Waals surface area contributed by atoms with Gasteiger partial charge in [0.2, 0.25) is 0 Å². The van der Waals surface area contributed by atoms with Crippen LogP contribution in [0.25, 0.3) is 77.8 Å². The van der Waals surface area contributed by atoms with Crippen molar-refractivity contribution in [3.63, 3.8) is 0 Å². The van der Waals surface area contributed by atoms with Crippen LogP contribution in [0.5, 0.6) is 0 Å². The first-order valence-electron chi connectivity index (χ1n) is 16.1. The Morgan fingerprint density at radius 3 is 1.81 bits per heavy atom. The Kier molecular flexibility index (Phi) is 6.16. The van der Waals surface area contributed by atoms with Crippen molar-refractivity contribution >= 4 is 21.5 Å². The van der Waals surface area contributed by atoms with Crippen molar-refractivity contribution in [1.82, 2.24) is 15.0 Å². The topological polar surface area (TPSA) is 38.7 Å². The fourth-order valence-electron chi connectivity index (χ4n) is 7.22. The van der Waals surface area contributed by atoms with Crippen LogP contribution in [0, 0.1) is 0 Å². The average molecular weight is 602 g/mol. The van der Waals surface area contributed by atoms with Crippen molar-refractivity contribution < 1.29 is 0 Å². The van der Waals surface area contributed by atoms with Crippen LogP contribution in [0.4, 0.5) is 0 Å². The minimum absolute atomic E-state index is 0.0615. The zero-order valence-corrected chi connectivity index (χ0v) is 26.3. The molecule has 0 bridgehead atoms. The van der Waals surface area contributed by atoms with Crippen molar-refractivity contribution in [2.75, 3.05) is 0 Å². The van der Waals surface area contributed by atoms with Gasteiger partial charge in [0.05, 0.1) is 17.1 Å². The largest absolute Gasteiger partial charge is 0.256 e. The normalized spacial score (nSPS) is 13.1. The number of benzene rings is 6. The van der Waals surface area contributed by atoms with E-state index >= 15 is 0 Å². The van der Waals surface area contributed by atoms with Crippen molar-refractivity contribution in [3.8, 4) is 56.3 Å². The lowest BCUT2D eigenvalue weighted by atomic mass is 9.81. The highest BCUT2D eigenvalue weighted by molar-refractivity contribution is 6.10. The summed E-state index contributed by atoms with van der Waals surface area (Å²) in [6.07, 6.45) is 1.83. The summed E-state index contributed by atoms with van der Waals surface area (Å²) in [4.78, 5) is 14.8. The second-order valence-electron chi connectivity index (χ2n) is 12.9. The second-order valence-corrected chi connectivity index (χ2v) is 12.9. The van der Waals surface area contributed by atoms with Crippen LogP contribution in [0.2, 0.25) is 0 Å². The maximum atomic E-state index is 5.17. The molecule has 222 valence electrons. The summed E-state index contributed by atoms with van der Waals surface area (Å²) in [6, 6.07) is 51.7. The fourth-order valence-corrected chi connectivity index (χ4v) is 7.22. The Morgan fingerprint density at radius 2 is 1.04 bits per heavy atom. The molecule has 6 aromatic carbocycles. The molecular formula is C44H31N3. The van der Waals surface area contributed by atoms with Crippen LogP contribution in [-0.2, 0) is 5.41 Å². The maximum absolute atomic E-state index is 5.17. The van der Waals surface area contributed by atoms with E-state index in [0.717, 1.165) is 39.3 Å². The van der Waals surface area contributed by atoms with Gasteiger partial charge in [-0.3, -0.25) is 4.98 Å². The van der Waals surface area contributed by atoms with Gasteiger partial charge < -0.3 is 0 Å². The lowest BCUT2D eigenvalue weighted by Gasteiger charge is -2.22. The van der Waals surface area contributed by atoms with Gasteiger partial charge in [0.15, 0.2) is 5.82 Å². The van der Waals surface area contributed by atoms with Crippen LogP contribution < -0.4 is 0 Å². The Balaban J connectivity index is 1.20. The molecule has 0 N–H and O–H groups in total. The van der Waals surface area contributed by atoms with E-state index in [2.05, 4.69) is 140 Å². The standard InChI is InChI=1S/C44H31N3/c1-44(2)38-13-7-6-12-34(38)37-24-32-21-15-28-16-22-33(25-35(28)36(32)26-39(37)44)43-46-41(29-10-4-3-5-11-29)27-42(47-43)31-19-17-30(18-20-31)40-14-8-9-23-45-40/h3-27H,1-2H3. The SMILES string of the molecule is CC1(C)c2ccccc2-c2cc3ccc4ccc(-c5nc(-c6ccccc6)cc(-c6ccc(-c7ccccn7)cc6)n5)cc4c3cc21. The molecule has 3 heteroatoms. The van der Waals surface area contributed by atoms with Gasteiger partial charge in [-0.1, -0.05) is 123 Å². The summed E-state index contributed by atoms with van der Waals surface area (Å²) in [6.45, 7) is 4.68. The third-order valence-corrected chi connectivity index (χ3v) is 9.73. The third kappa shape index (κ3) is 4.54. The molecule has 9 rings (SSSR count).